The van der Waals surface area contributed by atoms with Crippen LogP contribution in [0.4, 0.5) is 11.4 Å². The molecule has 0 bridgehead atoms. The van der Waals surface area contributed by atoms with Gasteiger partial charge in [0.2, 0.25) is 5.91 Å². The third-order valence-corrected chi connectivity index (χ3v) is 5.78. The molecule has 0 spiro atoms. The second-order valence-corrected chi connectivity index (χ2v) is 8.28. The van der Waals surface area contributed by atoms with Crippen molar-refractivity contribution < 1.29 is 14.4 Å². The number of nitrogens with zero attached hydrogens (tertiary/aromatic N) is 3. The van der Waals surface area contributed by atoms with Gasteiger partial charge < -0.3 is 10.2 Å². The number of hydrogen-bond acceptors (Lipinski definition) is 5. The first-order valence-corrected chi connectivity index (χ1v) is 10.6. The molecule has 1 atom stereocenters. The van der Waals surface area contributed by atoms with Crippen LogP contribution in [0.2, 0.25) is 0 Å². The van der Waals surface area contributed by atoms with Gasteiger partial charge in [0.1, 0.15) is 5.70 Å². The quantitative estimate of drug-likeness (QED) is 0.752. The maximum absolute atomic E-state index is 13.6. The lowest BCUT2D eigenvalue weighted by Crippen LogP contribution is -2.39. The lowest BCUT2D eigenvalue weighted by Gasteiger charge is -2.33. The number of rotatable bonds is 4. The fourth-order valence-electron chi connectivity index (χ4n) is 4.31. The molecule has 1 unspecified atom stereocenters. The highest BCUT2D eigenvalue weighted by atomic mass is 16.2. The maximum atomic E-state index is 13.6. The number of likely N-dealkylation sites (tertiary alicyclic amines) is 1. The largest absolute Gasteiger partial charge is 0.366 e. The van der Waals surface area contributed by atoms with Gasteiger partial charge in [0, 0.05) is 25.7 Å². The average Bonchev–Trinajstić information content (AvgIpc) is 3.04. The molecule has 1 fully saturated rings. The standard InChI is InChI=1S/C25H24N4O3/c1-16-4-3-13-28(15-16)23-22(19-7-9-20(10-8-19)27-17(2)30)24(31)29(25(23)32)21-11-5-18(14-26)6-12-21/h5-12,16H,3-4,13,15H2,1-2H3,(H,27,30). The minimum atomic E-state index is -0.389. The maximum Gasteiger partial charge on any atom is 0.282 e. The van der Waals surface area contributed by atoms with Gasteiger partial charge in [-0.1, -0.05) is 19.1 Å². The molecule has 0 aromatic heterocycles. The second kappa shape index (κ2) is 8.67. The number of anilines is 2. The van der Waals surface area contributed by atoms with Crippen LogP contribution in [-0.2, 0) is 14.4 Å². The van der Waals surface area contributed by atoms with Crippen molar-refractivity contribution in [3.8, 4) is 6.07 Å². The van der Waals surface area contributed by atoms with Crippen LogP contribution in [0.15, 0.2) is 54.2 Å². The second-order valence-electron chi connectivity index (χ2n) is 8.28. The molecular formula is C25H24N4O3. The lowest BCUT2D eigenvalue weighted by molar-refractivity contribution is -0.121. The number of carbonyl (C=O) groups is 3. The van der Waals surface area contributed by atoms with Gasteiger partial charge in [-0.05, 0) is 60.7 Å². The van der Waals surface area contributed by atoms with Crippen LogP contribution in [0.5, 0.6) is 0 Å². The van der Waals surface area contributed by atoms with Gasteiger partial charge in [0.15, 0.2) is 0 Å². The number of hydrogen-bond donors (Lipinski definition) is 1. The minimum absolute atomic E-state index is 0.181. The molecule has 3 amide bonds. The molecule has 7 nitrogen and oxygen atoms in total. The van der Waals surface area contributed by atoms with Crippen molar-refractivity contribution in [2.75, 3.05) is 23.3 Å². The Morgan fingerprint density at radius 1 is 1.06 bits per heavy atom. The summed E-state index contributed by atoms with van der Waals surface area (Å²) in [7, 11) is 0. The van der Waals surface area contributed by atoms with E-state index in [2.05, 4.69) is 12.2 Å². The zero-order valence-electron chi connectivity index (χ0n) is 18.1. The van der Waals surface area contributed by atoms with Gasteiger partial charge in [-0.15, -0.1) is 0 Å². The number of amides is 3. The Morgan fingerprint density at radius 2 is 1.75 bits per heavy atom. The predicted molar refractivity (Wildman–Crippen MR) is 121 cm³/mol. The zero-order valence-corrected chi connectivity index (χ0v) is 18.1. The molecule has 2 aromatic carbocycles. The van der Waals surface area contributed by atoms with Crippen molar-refractivity contribution in [3.05, 3.63) is 65.4 Å². The number of benzene rings is 2. The van der Waals surface area contributed by atoms with E-state index in [4.69, 9.17) is 5.26 Å². The smallest absolute Gasteiger partial charge is 0.282 e. The van der Waals surface area contributed by atoms with E-state index in [1.54, 1.807) is 48.5 Å². The predicted octanol–water partition coefficient (Wildman–Crippen LogP) is 3.53. The van der Waals surface area contributed by atoms with Crippen molar-refractivity contribution in [2.24, 2.45) is 5.92 Å². The number of nitrogens with one attached hydrogen (secondary N) is 1. The summed E-state index contributed by atoms with van der Waals surface area (Å²) < 4.78 is 0. The highest BCUT2D eigenvalue weighted by molar-refractivity contribution is 6.45. The molecule has 32 heavy (non-hydrogen) atoms. The summed E-state index contributed by atoms with van der Waals surface area (Å²) >= 11 is 0. The third-order valence-electron chi connectivity index (χ3n) is 5.78. The van der Waals surface area contributed by atoms with Crippen molar-refractivity contribution >= 4 is 34.7 Å². The van der Waals surface area contributed by atoms with Crippen molar-refractivity contribution in [2.45, 2.75) is 26.7 Å². The molecule has 7 heteroatoms. The van der Waals surface area contributed by atoms with Gasteiger partial charge in [-0.3, -0.25) is 14.4 Å². The normalized spacial score (nSPS) is 18.7. The summed E-state index contributed by atoms with van der Waals surface area (Å²) in [4.78, 5) is 41.7. The summed E-state index contributed by atoms with van der Waals surface area (Å²) in [6.07, 6.45) is 2.05. The zero-order chi connectivity index (χ0) is 22.8. The Balaban J connectivity index is 1.77. The number of piperidine rings is 1. The van der Waals surface area contributed by atoms with Gasteiger partial charge in [-0.2, -0.15) is 5.26 Å². The molecular weight excluding hydrogens is 404 g/mol. The SMILES string of the molecule is CC(=O)Nc1ccc(C2=C(N3CCCC(C)C3)C(=O)N(c3ccc(C#N)cc3)C2=O)cc1. The topological polar surface area (TPSA) is 93.5 Å². The van der Waals surface area contributed by atoms with Crippen LogP contribution >= 0.6 is 0 Å². The molecule has 2 heterocycles. The molecule has 1 saturated heterocycles. The van der Waals surface area contributed by atoms with E-state index in [9.17, 15) is 14.4 Å². The summed E-state index contributed by atoms with van der Waals surface area (Å²) in [6.45, 7) is 5.01. The van der Waals surface area contributed by atoms with Gasteiger partial charge >= 0.3 is 0 Å². The summed E-state index contributed by atoms with van der Waals surface area (Å²) in [5.41, 5.74) is 2.92. The van der Waals surface area contributed by atoms with E-state index >= 15 is 0 Å². The fraction of sp³-hybridized carbons (Fsp3) is 0.280. The first-order valence-electron chi connectivity index (χ1n) is 10.6. The van der Waals surface area contributed by atoms with E-state index in [-0.39, 0.29) is 17.7 Å². The van der Waals surface area contributed by atoms with E-state index in [1.165, 1.54) is 11.8 Å². The number of carbonyl (C=O) groups excluding carboxylic acids is 3. The van der Waals surface area contributed by atoms with Gasteiger partial charge in [0.05, 0.1) is 22.9 Å². The van der Waals surface area contributed by atoms with E-state index in [0.717, 1.165) is 12.8 Å². The van der Waals surface area contributed by atoms with Crippen molar-refractivity contribution in [1.29, 1.82) is 5.26 Å². The van der Waals surface area contributed by atoms with Gasteiger partial charge in [0.25, 0.3) is 11.8 Å². The highest BCUT2D eigenvalue weighted by Crippen LogP contribution is 2.36. The Kier molecular flexibility index (Phi) is 5.78. The summed E-state index contributed by atoms with van der Waals surface area (Å²) in [6, 6.07) is 15.4. The molecule has 2 aliphatic heterocycles. The monoisotopic (exact) mass is 428 g/mol. The minimum Gasteiger partial charge on any atom is -0.366 e. The fourth-order valence-corrected chi connectivity index (χ4v) is 4.31. The Labute approximate surface area is 186 Å². The van der Waals surface area contributed by atoms with E-state index < -0.39 is 0 Å². The molecule has 2 aliphatic rings. The lowest BCUT2D eigenvalue weighted by atomic mass is 9.97. The van der Waals surface area contributed by atoms with Gasteiger partial charge in [-0.25, -0.2) is 4.90 Å². The molecule has 1 N–H and O–H groups in total. The number of nitriles is 1. The van der Waals surface area contributed by atoms with Crippen LogP contribution in [0.1, 0.15) is 37.8 Å². The van der Waals surface area contributed by atoms with Crippen molar-refractivity contribution in [1.82, 2.24) is 4.90 Å². The van der Waals surface area contributed by atoms with Crippen LogP contribution < -0.4 is 10.2 Å². The molecule has 162 valence electrons. The Bertz CT molecular complexity index is 1140. The van der Waals surface area contributed by atoms with E-state index in [0.29, 0.717) is 52.8 Å². The molecule has 2 aromatic rings. The van der Waals surface area contributed by atoms with Crippen LogP contribution in [0, 0.1) is 17.2 Å². The molecule has 0 aliphatic carbocycles. The Hall–Kier alpha value is -3.92. The van der Waals surface area contributed by atoms with Crippen LogP contribution in [0.3, 0.4) is 0 Å². The van der Waals surface area contributed by atoms with E-state index in [1.807, 2.05) is 11.0 Å². The van der Waals surface area contributed by atoms with Crippen LogP contribution in [-0.4, -0.2) is 35.7 Å². The summed E-state index contributed by atoms with van der Waals surface area (Å²) in [5.74, 6) is -0.500. The summed E-state index contributed by atoms with van der Waals surface area (Å²) in [5, 5.41) is 11.8. The van der Waals surface area contributed by atoms with Crippen molar-refractivity contribution in [3.63, 3.8) is 0 Å². The first-order chi connectivity index (χ1) is 15.4. The van der Waals surface area contributed by atoms with Crippen LogP contribution in [0.25, 0.3) is 5.57 Å². The average molecular weight is 428 g/mol. The molecule has 0 saturated carbocycles. The first kappa shape index (κ1) is 21.3. The number of imide groups is 1. The molecule has 0 radical (unpaired) electrons. The Morgan fingerprint density at radius 3 is 2.34 bits per heavy atom. The highest BCUT2D eigenvalue weighted by Gasteiger charge is 2.43. The molecule has 4 rings (SSSR count). The third kappa shape index (κ3) is 4.00.